The Labute approximate surface area is 101 Å². The first kappa shape index (κ1) is 12.1. The number of hydrogen-bond acceptors (Lipinski definition) is 3. The van der Waals surface area contributed by atoms with Crippen molar-refractivity contribution in [3.8, 4) is 0 Å². The molecule has 0 unspecified atom stereocenters. The average Bonchev–Trinajstić information content (AvgIpc) is 2.27. The fraction of sp³-hybridized carbons (Fsp3) is 0.462. The van der Waals surface area contributed by atoms with Gasteiger partial charge in [0.1, 0.15) is 0 Å². The molecule has 2 N–H and O–H groups in total. The molecule has 0 spiro atoms. The molecule has 2 rings (SSSR count). The van der Waals surface area contributed by atoms with Gasteiger partial charge in [0.25, 0.3) is 0 Å². The summed E-state index contributed by atoms with van der Waals surface area (Å²) >= 11 is 0. The molecule has 1 aliphatic heterocycles. The van der Waals surface area contributed by atoms with Crippen molar-refractivity contribution in [2.75, 3.05) is 19.8 Å². The Bertz CT molecular complexity index is 396. The van der Waals surface area contributed by atoms with Gasteiger partial charge in [-0.25, -0.2) is 4.79 Å². The number of hydrogen-bond donors (Lipinski definition) is 2. The number of rotatable bonds is 5. The van der Waals surface area contributed by atoms with E-state index in [2.05, 4.69) is 12.2 Å². The quantitative estimate of drug-likeness (QED) is 0.812. The molecule has 4 heteroatoms. The highest BCUT2D eigenvalue weighted by atomic mass is 16.5. The SMILES string of the molecule is CC1(CNCc2ccc(C(=O)O)cc2)COC1. The van der Waals surface area contributed by atoms with Crippen LogP contribution >= 0.6 is 0 Å². The Hall–Kier alpha value is -1.39. The third-order valence-corrected chi connectivity index (χ3v) is 2.98. The van der Waals surface area contributed by atoms with Crippen molar-refractivity contribution in [3.05, 3.63) is 35.4 Å². The van der Waals surface area contributed by atoms with Crippen LogP contribution in [0.2, 0.25) is 0 Å². The molecule has 0 atom stereocenters. The number of carbonyl (C=O) groups is 1. The molecule has 0 aliphatic carbocycles. The maximum Gasteiger partial charge on any atom is 0.335 e. The van der Waals surface area contributed by atoms with Crippen molar-refractivity contribution in [1.29, 1.82) is 0 Å². The molecular weight excluding hydrogens is 218 g/mol. The fourth-order valence-corrected chi connectivity index (χ4v) is 1.83. The third-order valence-electron chi connectivity index (χ3n) is 2.98. The van der Waals surface area contributed by atoms with E-state index in [4.69, 9.17) is 9.84 Å². The van der Waals surface area contributed by atoms with E-state index in [1.807, 2.05) is 12.1 Å². The highest BCUT2D eigenvalue weighted by molar-refractivity contribution is 5.87. The van der Waals surface area contributed by atoms with Crippen LogP contribution < -0.4 is 5.32 Å². The average molecular weight is 235 g/mol. The summed E-state index contributed by atoms with van der Waals surface area (Å²) in [6.07, 6.45) is 0. The van der Waals surface area contributed by atoms with Crippen LogP contribution in [-0.2, 0) is 11.3 Å². The minimum atomic E-state index is -0.886. The maximum absolute atomic E-state index is 10.7. The molecule has 0 amide bonds. The first-order valence-electron chi connectivity index (χ1n) is 5.70. The van der Waals surface area contributed by atoms with E-state index in [1.165, 1.54) is 0 Å². The van der Waals surface area contributed by atoms with Crippen molar-refractivity contribution < 1.29 is 14.6 Å². The first-order valence-corrected chi connectivity index (χ1v) is 5.70. The van der Waals surface area contributed by atoms with E-state index in [0.717, 1.165) is 31.9 Å². The van der Waals surface area contributed by atoms with E-state index in [0.29, 0.717) is 5.56 Å². The van der Waals surface area contributed by atoms with Gasteiger partial charge in [-0.15, -0.1) is 0 Å². The van der Waals surface area contributed by atoms with Crippen LogP contribution in [0.4, 0.5) is 0 Å². The number of nitrogens with one attached hydrogen (secondary N) is 1. The van der Waals surface area contributed by atoms with E-state index in [-0.39, 0.29) is 5.41 Å². The van der Waals surface area contributed by atoms with Crippen molar-refractivity contribution in [2.24, 2.45) is 5.41 Å². The van der Waals surface area contributed by atoms with E-state index in [9.17, 15) is 4.79 Å². The monoisotopic (exact) mass is 235 g/mol. The Kier molecular flexibility index (Phi) is 3.45. The zero-order valence-corrected chi connectivity index (χ0v) is 9.90. The maximum atomic E-state index is 10.7. The van der Waals surface area contributed by atoms with E-state index < -0.39 is 5.97 Å². The minimum Gasteiger partial charge on any atom is -0.478 e. The second-order valence-electron chi connectivity index (χ2n) is 4.91. The Morgan fingerprint density at radius 2 is 2.06 bits per heavy atom. The van der Waals surface area contributed by atoms with Crippen molar-refractivity contribution >= 4 is 5.97 Å². The van der Waals surface area contributed by atoms with Gasteiger partial charge < -0.3 is 15.2 Å². The summed E-state index contributed by atoms with van der Waals surface area (Å²) in [5.74, 6) is -0.886. The molecule has 4 nitrogen and oxygen atoms in total. The summed E-state index contributed by atoms with van der Waals surface area (Å²) in [5, 5.41) is 12.1. The number of carboxylic acids is 1. The molecule has 92 valence electrons. The molecule has 1 saturated heterocycles. The predicted octanol–water partition coefficient (Wildman–Crippen LogP) is 1.51. The van der Waals surface area contributed by atoms with Crippen molar-refractivity contribution in [1.82, 2.24) is 5.32 Å². The highest BCUT2D eigenvalue weighted by Crippen LogP contribution is 2.25. The van der Waals surface area contributed by atoms with Gasteiger partial charge in [-0.3, -0.25) is 0 Å². The smallest absolute Gasteiger partial charge is 0.335 e. The van der Waals surface area contributed by atoms with Crippen LogP contribution in [0.25, 0.3) is 0 Å². The van der Waals surface area contributed by atoms with Crippen LogP contribution in [0.3, 0.4) is 0 Å². The Balaban J connectivity index is 1.80. The molecule has 0 saturated carbocycles. The highest BCUT2D eigenvalue weighted by Gasteiger charge is 2.32. The number of carboxylic acid groups (broad SMARTS) is 1. The predicted molar refractivity (Wildman–Crippen MR) is 64.0 cm³/mol. The molecule has 17 heavy (non-hydrogen) atoms. The molecule has 1 aromatic rings. The van der Waals surface area contributed by atoms with Crippen LogP contribution in [-0.4, -0.2) is 30.8 Å². The lowest BCUT2D eigenvalue weighted by atomic mass is 9.89. The molecule has 1 aromatic carbocycles. The summed E-state index contributed by atoms with van der Waals surface area (Å²) in [6, 6.07) is 6.95. The number of benzene rings is 1. The summed E-state index contributed by atoms with van der Waals surface area (Å²) in [6.45, 7) is 5.51. The fourth-order valence-electron chi connectivity index (χ4n) is 1.83. The second kappa shape index (κ2) is 4.85. The molecular formula is C13H17NO3. The van der Waals surface area contributed by atoms with Gasteiger partial charge in [0.05, 0.1) is 18.8 Å². The van der Waals surface area contributed by atoms with E-state index >= 15 is 0 Å². The lowest BCUT2D eigenvalue weighted by molar-refractivity contribution is -0.0991. The zero-order chi connectivity index (χ0) is 12.3. The topological polar surface area (TPSA) is 58.6 Å². The van der Waals surface area contributed by atoms with Gasteiger partial charge >= 0.3 is 5.97 Å². The van der Waals surface area contributed by atoms with Gasteiger partial charge in [0.2, 0.25) is 0 Å². The minimum absolute atomic E-state index is 0.265. The van der Waals surface area contributed by atoms with E-state index in [1.54, 1.807) is 12.1 Å². The van der Waals surface area contributed by atoms with Gasteiger partial charge in [-0.2, -0.15) is 0 Å². The zero-order valence-electron chi connectivity index (χ0n) is 9.90. The molecule has 0 radical (unpaired) electrons. The van der Waals surface area contributed by atoms with Crippen LogP contribution in [0.1, 0.15) is 22.8 Å². The second-order valence-corrected chi connectivity index (χ2v) is 4.91. The summed E-state index contributed by atoms with van der Waals surface area (Å²) < 4.78 is 5.18. The summed E-state index contributed by atoms with van der Waals surface area (Å²) in [7, 11) is 0. The summed E-state index contributed by atoms with van der Waals surface area (Å²) in [4.78, 5) is 10.7. The lowest BCUT2D eigenvalue weighted by Crippen LogP contribution is -2.47. The largest absolute Gasteiger partial charge is 0.478 e. The van der Waals surface area contributed by atoms with Crippen LogP contribution in [0, 0.1) is 5.41 Å². The molecule has 0 bridgehead atoms. The van der Waals surface area contributed by atoms with Gasteiger partial charge in [0.15, 0.2) is 0 Å². The Morgan fingerprint density at radius 3 is 2.53 bits per heavy atom. The van der Waals surface area contributed by atoms with Crippen molar-refractivity contribution in [2.45, 2.75) is 13.5 Å². The molecule has 1 aliphatic rings. The lowest BCUT2D eigenvalue weighted by Gasteiger charge is -2.38. The molecule has 1 fully saturated rings. The normalized spacial score (nSPS) is 17.5. The Morgan fingerprint density at radius 1 is 1.41 bits per heavy atom. The van der Waals surface area contributed by atoms with Gasteiger partial charge in [-0.05, 0) is 17.7 Å². The first-order chi connectivity index (χ1) is 8.09. The van der Waals surface area contributed by atoms with Crippen LogP contribution in [0.5, 0.6) is 0 Å². The third kappa shape index (κ3) is 3.05. The standard InChI is InChI=1S/C13H17NO3/c1-13(8-17-9-13)7-14-6-10-2-4-11(5-3-10)12(15)16/h2-5,14H,6-9H2,1H3,(H,15,16). The number of ether oxygens (including phenoxy) is 1. The number of aromatic carboxylic acids is 1. The van der Waals surface area contributed by atoms with Gasteiger partial charge in [-0.1, -0.05) is 19.1 Å². The summed E-state index contributed by atoms with van der Waals surface area (Å²) in [5.41, 5.74) is 1.69. The van der Waals surface area contributed by atoms with Gasteiger partial charge in [0, 0.05) is 18.5 Å². The van der Waals surface area contributed by atoms with Crippen molar-refractivity contribution in [3.63, 3.8) is 0 Å². The van der Waals surface area contributed by atoms with Crippen LogP contribution in [0.15, 0.2) is 24.3 Å². The molecule has 1 heterocycles. The molecule has 0 aromatic heterocycles.